The van der Waals surface area contributed by atoms with Crippen molar-refractivity contribution in [3.8, 4) is 0 Å². The molecule has 2 saturated heterocycles. The second-order valence-corrected chi connectivity index (χ2v) is 9.28. The molecule has 1 amide bonds. The normalized spacial score (nSPS) is 20.9. The Hall–Kier alpha value is -3.24. The van der Waals surface area contributed by atoms with Gasteiger partial charge < -0.3 is 20.3 Å². The van der Waals surface area contributed by atoms with E-state index in [0.717, 1.165) is 38.0 Å². The summed E-state index contributed by atoms with van der Waals surface area (Å²) in [5.41, 5.74) is 2.38. The van der Waals surface area contributed by atoms with Crippen LogP contribution in [0.2, 0.25) is 0 Å². The summed E-state index contributed by atoms with van der Waals surface area (Å²) in [6.07, 6.45) is -4.83. The van der Waals surface area contributed by atoms with Gasteiger partial charge in [-0.05, 0) is 59.3 Å². The molecule has 16 heteroatoms. The van der Waals surface area contributed by atoms with Crippen LogP contribution in [0.15, 0.2) is 41.4 Å². The van der Waals surface area contributed by atoms with Crippen molar-refractivity contribution in [1.29, 1.82) is 0 Å². The van der Waals surface area contributed by atoms with Crippen molar-refractivity contribution in [2.75, 3.05) is 13.1 Å². The Morgan fingerprint density at radius 1 is 1.08 bits per heavy atom. The number of pyridine rings is 1. The van der Waals surface area contributed by atoms with E-state index in [1.807, 2.05) is 12.1 Å². The number of aromatic nitrogens is 1. The lowest BCUT2D eigenvalue weighted by molar-refractivity contribution is -0.193. The van der Waals surface area contributed by atoms with E-state index in [1.165, 1.54) is 5.56 Å². The summed E-state index contributed by atoms with van der Waals surface area (Å²) in [6, 6.07) is 6.02. The highest BCUT2D eigenvalue weighted by atomic mass is 32.1. The monoisotopic (exact) mass is 585 g/mol. The summed E-state index contributed by atoms with van der Waals surface area (Å²) in [6.45, 7) is 3.50. The molecule has 4 rings (SSSR count). The molecule has 3 atom stereocenters. The van der Waals surface area contributed by atoms with Gasteiger partial charge in [-0.3, -0.25) is 14.7 Å². The number of nitrogens with one attached hydrogen (secondary N) is 1. The first-order valence-electron chi connectivity index (χ1n) is 11.3. The van der Waals surface area contributed by atoms with Crippen LogP contribution in [0.4, 0.5) is 26.3 Å². The number of alkyl halides is 6. The fourth-order valence-corrected chi connectivity index (χ4v) is 4.41. The minimum atomic E-state index is -5.08. The van der Waals surface area contributed by atoms with Crippen molar-refractivity contribution in [3.63, 3.8) is 0 Å². The molecule has 2 aliphatic rings. The Kier molecular flexibility index (Phi) is 11.7. The van der Waals surface area contributed by atoms with E-state index < -0.39 is 24.3 Å². The van der Waals surface area contributed by atoms with Crippen LogP contribution in [0.3, 0.4) is 0 Å². The maximum absolute atomic E-state index is 12.4. The molecule has 4 heterocycles. The van der Waals surface area contributed by atoms with E-state index in [1.54, 1.807) is 23.7 Å². The first-order valence-corrected chi connectivity index (χ1v) is 12.3. The van der Waals surface area contributed by atoms with Crippen LogP contribution in [-0.2, 0) is 32.2 Å². The second-order valence-electron chi connectivity index (χ2n) is 8.50. The summed E-state index contributed by atoms with van der Waals surface area (Å²) >= 11 is 1.74. The third-order valence-electron chi connectivity index (χ3n) is 5.59. The molecule has 3 N–H and O–H groups in total. The van der Waals surface area contributed by atoms with Crippen molar-refractivity contribution in [3.05, 3.63) is 52.5 Å². The topological polar surface area (TPSA) is 129 Å². The third kappa shape index (κ3) is 11.2. The number of hydrogen-bond donors (Lipinski definition) is 3. The predicted octanol–water partition coefficient (Wildman–Crippen LogP) is 3.71. The number of likely N-dealkylation sites (tertiary alicyclic amines) is 1. The Bertz CT molecular complexity index is 1040. The summed E-state index contributed by atoms with van der Waals surface area (Å²) < 4.78 is 69.6. The van der Waals surface area contributed by atoms with E-state index in [9.17, 15) is 31.1 Å². The molecule has 0 saturated carbocycles. The zero-order valence-corrected chi connectivity index (χ0v) is 20.9. The minimum Gasteiger partial charge on any atom is -0.475 e. The van der Waals surface area contributed by atoms with Gasteiger partial charge in [0.15, 0.2) is 0 Å². The molecule has 39 heavy (non-hydrogen) atoms. The number of fused-ring (bicyclic) bond motifs is 1. The van der Waals surface area contributed by atoms with Gasteiger partial charge in [0.05, 0.1) is 6.10 Å². The van der Waals surface area contributed by atoms with Crippen LogP contribution in [0.5, 0.6) is 0 Å². The van der Waals surface area contributed by atoms with Gasteiger partial charge in [-0.1, -0.05) is 6.07 Å². The quantitative estimate of drug-likeness (QED) is 0.453. The molecule has 2 aromatic heterocycles. The number of hydrogen-bond acceptors (Lipinski definition) is 7. The number of ether oxygens (including phenoxy) is 1. The largest absolute Gasteiger partial charge is 0.490 e. The average Bonchev–Trinajstić information content (AvgIpc) is 3.52. The number of rotatable bonds is 5. The lowest BCUT2D eigenvalue weighted by atomic mass is 9.91. The van der Waals surface area contributed by atoms with Crippen LogP contribution in [0.1, 0.15) is 24.0 Å². The molecular formula is C23H25F6N3O6S. The SMILES string of the molecule is O=C(NCc1cccnc1)[C@H]1C[C@@H]2CCN(Cc3ccsc3)C[C@H]2O1.O=C(O)C(F)(F)F.O=C(O)C(F)(F)F. The number of carbonyl (C=O) groups is 3. The van der Waals surface area contributed by atoms with Crippen LogP contribution in [0, 0.1) is 5.92 Å². The third-order valence-corrected chi connectivity index (χ3v) is 6.32. The number of amides is 1. The fraction of sp³-hybridized carbons (Fsp3) is 0.478. The van der Waals surface area contributed by atoms with Crippen molar-refractivity contribution in [2.45, 2.75) is 50.5 Å². The van der Waals surface area contributed by atoms with Gasteiger partial charge in [0.25, 0.3) is 0 Å². The zero-order chi connectivity index (χ0) is 29.2. The molecular weight excluding hydrogens is 560 g/mol. The number of halogens is 6. The number of aliphatic carboxylic acids is 2. The number of piperidine rings is 1. The van der Waals surface area contributed by atoms with Gasteiger partial charge in [0.1, 0.15) is 6.10 Å². The Morgan fingerprint density at radius 2 is 1.72 bits per heavy atom. The van der Waals surface area contributed by atoms with Gasteiger partial charge >= 0.3 is 24.3 Å². The van der Waals surface area contributed by atoms with E-state index in [0.29, 0.717) is 12.5 Å². The van der Waals surface area contributed by atoms with E-state index in [4.69, 9.17) is 24.5 Å². The molecule has 0 aromatic carbocycles. The predicted molar refractivity (Wildman–Crippen MR) is 124 cm³/mol. The molecule has 0 unspecified atom stereocenters. The molecule has 2 fully saturated rings. The zero-order valence-electron chi connectivity index (χ0n) is 20.1. The number of thiophene rings is 1. The van der Waals surface area contributed by atoms with Crippen molar-refractivity contribution in [1.82, 2.24) is 15.2 Å². The van der Waals surface area contributed by atoms with Crippen LogP contribution >= 0.6 is 11.3 Å². The van der Waals surface area contributed by atoms with Crippen molar-refractivity contribution >= 4 is 29.2 Å². The van der Waals surface area contributed by atoms with Gasteiger partial charge in [-0.25, -0.2) is 9.59 Å². The highest BCUT2D eigenvalue weighted by Gasteiger charge is 2.42. The highest BCUT2D eigenvalue weighted by molar-refractivity contribution is 7.07. The van der Waals surface area contributed by atoms with Crippen LogP contribution in [0.25, 0.3) is 0 Å². The van der Waals surface area contributed by atoms with E-state index in [-0.39, 0.29) is 18.1 Å². The van der Waals surface area contributed by atoms with Crippen LogP contribution < -0.4 is 5.32 Å². The average molecular weight is 586 g/mol. The highest BCUT2D eigenvalue weighted by Crippen LogP contribution is 2.34. The number of carbonyl (C=O) groups excluding carboxylic acids is 1. The summed E-state index contributed by atoms with van der Waals surface area (Å²) in [4.78, 5) is 36.7. The Balaban J connectivity index is 0.000000317. The van der Waals surface area contributed by atoms with E-state index in [2.05, 4.69) is 32.0 Å². The number of carboxylic acid groups (broad SMARTS) is 2. The summed E-state index contributed by atoms with van der Waals surface area (Å²) in [7, 11) is 0. The Morgan fingerprint density at radius 3 is 2.23 bits per heavy atom. The number of carboxylic acids is 2. The first-order chi connectivity index (χ1) is 18.2. The van der Waals surface area contributed by atoms with Crippen molar-refractivity contribution < 1.29 is 55.7 Å². The minimum absolute atomic E-state index is 0.00244. The summed E-state index contributed by atoms with van der Waals surface area (Å²) in [5.74, 6) is -5.00. The lowest BCUT2D eigenvalue weighted by Crippen LogP contribution is -2.42. The molecule has 9 nitrogen and oxygen atoms in total. The molecule has 216 valence electrons. The molecule has 2 aromatic rings. The smallest absolute Gasteiger partial charge is 0.475 e. The fourth-order valence-electron chi connectivity index (χ4n) is 3.75. The van der Waals surface area contributed by atoms with Gasteiger partial charge in [0.2, 0.25) is 5.91 Å². The van der Waals surface area contributed by atoms with Gasteiger partial charge in [-0.15, -0.1) is 0 Å². The lowest BCUT2D eigenvalue weighted by Gasteiger charge is -2.33. The van der Waals surface area contributed by atoms with E-state index >= 15 is 0 Å². The maximum Gasteiger partial charge on any atom is 0.490 e. The molecule has 0 aliphatic carbocycles. The first kappa shape index (κ1) is 32.0. The standard InChI is InChI=1S/C19H23N3O2S.2C2HF3O2/c23-19(21-10-14-2-1-5-20-9-14)17-8-16-3-6-22(12-18(16)24-17)11-15-4-7-25-13-15;2*3-2(4,5)1(6)7/h1-2,4-5,7,9,13,16-18H,3,6,8,10-12H2,(H,21,23);2*(H,6,7)/t16-,17+,18+;;/m0../s1. The van der Waals surface area contributed by atoms with Gasteiger partial charge in [-0.2, -0.15) is 37.7 Å². The number of nitrogens with zero attached hydrogens (tertiary/aromatic N) is 2. The Labute approximate surface area is 222 Å². The van der Waals surface area contributed by atoms with Crippen molar-refractivity contribution in [2.24, 2.45) is 5.92 Å². The molecule has 0 spiro atoms. The maximum atomic E-state index is 12.4. The molecule has 0 radical (unpaired) electrons. The molecule has 0 bridgehead atoms. The molecule has 2 aliphatic heterocycles. The summed E-state index contributed by atoms with van der Waals surface area (Å²) in [5, 5.41) is 21.6. The second kappa shape index (κ2) is 14.2. The van der Waals surface area contributed by atoms with Crippen LogP contribution in [-0.4, -0.2) is 75.6 Å². The van der Waals surface area contributed by atoms with Gasteiger partial charge in [0, 0.05) is 32.0 Å².